The topological polar surface area (TPSA) is 66.5 Å². The minimum absolute atomic E-state index is 0.135. The molecule has 25 heavy (non-hydrogen) atoms. The van der Waals surface area contributed by atoms with Gasteiger partial charge < -0.3 is 5.32 Å². The van der Waals surface area contributed by atoms with Crippen LogP contribution in [0.25, 0.3) is 0 Å². The van der Waals surface area contributed by atoms with Gasteiger partial charge in [0.1, 0.15) is 6.04 Å². The first-order chi connectivity index (χ1) is 11.6. The summed E-state index contributed by atoms with van der Waals surface area (Å²) in [6.45, 7) is 1.46. The molecule has 0 aliphatic carbocycles. The fraction of sp³-hybridized carbons (Fsp3) is 0.188. The lowest BCUT2D eigenvalue weighted by Gasteiger charge is -2.29. The third-order valence-electron chi connectivity index (χ3n) is 3.35. The van der Waals surface area contributed by atoms with E-state index in [2.05, 4.69) is 5.32 Å². The lowest BCUT2D eigenvalue weighted by atomic mass is 10.2. The maximum atomic E-state index is 12.5. The quantitative estimate of drug-likeness (QED) is 0.776. The van der Waals surface area contributed by atoms with Crippen LogP contribution in [0.1, 0.15) is 6.92 Å². The van der Waals surface area contributed by atoms with E-state index in [0.717, 1.165) is 10.6 Å². The Hall–Kier alpha value is -1.47. The second kappa shape index (κ2) is 7.83. The average Bonchev–Trinajstić information content (AvgIpc) is 2.51. The molecule has 9 heteroatoms. The number of rotatable bonds is 5. The van der Waals surface area contributed by atoms with Crippen LogP contribution in [0.4, 0.5) is 11.4 Å². The number of amides is 1. The van der Waals surface area contributed by atoms with Crippen LogP contribution < -0.4 is 9.62 Å². The normalized spacial score (nSPS) is 12.5. The Balaban J connectivity index is 2.36. The molecule has 0 aromatic heterocycles. The summed E-state index contributed by atoms with van der Waals surface area (Å²) in [5.41, 5.74) is 0.627. The highest BCUT2D eigenvalue weighted by molar-refractivity contribution is 7.92. The van der Waals surface area contributed by atoms with E-state index in [1.54, 1.807) is 24.3 Å². The Morgan fingerprint density at radius 3 is 2.16 bits per heavy atom. The summed E-state index contributed by atoms with van der Waals surface area (Å²) >= 11 is 17.9. The van der Waals surface area contributed by atoms with Crippen molar-refractivity contribution in [2.75, 3.05) is 15.9 Å². The van der Waals surface area contributed by atoms with Crippen LogP contribution >= 0.6 is 34.8 Å². The lowest BCUT2D eigenvalue weighted by molar-refractivity contribution is -0.116. The van der Waals surface area contributed by atoms with Crippen LogP contribution in [0.3, 0.4) is 0 Å². The monoisotopic (exact) mass is 420 g/mol. The van der Waals surface area contributed by atoms with E-state index in [0.29, 0.717) is 15.7 Å². The van der Waals surface area contributed by atoms with E-state index in [4.69, 9.17) is 34.8 Å². The smallest absolute Gasteiger partial charge is 0.247 e. The summed E-state index contributed by atoms with van der Waals surface area (Å²) in [6, 6.07) is 9.81. The zero-order valence-electron chi connectivity index (χ0n) is 13.3. The van der Waals surface area contributed by atoms with Gasteiger partial charge in [0.05, 0.1) is 17.0 Å². The summed E-state index contributed by atoms with van der Waals surface area (Å²) in [6.07, 6.45) is 0.996. The summed E-state index contributed by atoms with van der Waals surface area (Å²) in [7, 11) is -3.79. The van der Waals surface area contributed by atoms with E-state index in [1.807, 2.05) is 0 Å². The van der Waals surface area contributed by atoms with Crippen LogP contribution in [-0.4, -0.2) is 26.6 Å². The third kappa shape index (κ3) is 5.01. The van der Waals surface area contributed by atoms with Crippen molar-refractivity contribution in [3.05, 3.63) is 57.5 Å². The van der Waals surface area contributed by atoms with Crippen molar-refractivity contribution < 1.29 is 13.2 Å². The van der Waals surface area contributed by atoms with Gasteiger partial charge in [-0.3, -0.25) is 9.10 Å². The molecular weight excluding hydrogens is 407 g/mol. The Kier molecular flexibility index (Phi) is 6.21. The van der Waals surface area contributed by atoms with E-state index in [9.17, 15) is 13.2 Å². The maximum Gasteiger partial charge on any atom is 0.247 e. The van der Waals surface area contributed by atoms with E-state index >= 15 is 0 Å². The van der Waals surface area contributed by atoms with Gasteiger partial charge in [0, 0.05) is 15.7 Å². The first kappa shape index (κ1) is 19.8. The maximum absolute atomic E-state index is 12.5. The Bertz CT molecular complexity index is 886. The predicted molar refractivity (Wildman–Crippen MR) is 103 cm³/mol. The summed E-state index contributed by atoms with van der Waals surface area (Å²) in [4.78, 5) is 12.5. The molecule has 0 radical (unpaired) electrons. The largest absolute Gasteiger partial charge is 0.324 e. The van der Waals surface area contributed by atoms with Crippen LogP contribution in [0.5, 0.6) is 0 Å². The minimum Gasteiger partial charge on any atom is -0.324 e. The number of halogens is 3. The zero-order chi connectivity index (χ0) is 18.8. The molecule has 1 amide bonds. The Morgan fingerprint density at radius 2 is 1.60 bits per heavy atom. The van der Waals surface area contributed by atoms with Crippen molar-refractivity contribution in [3.8, 4) is 0 Å². The van der Waals surface area contributed by atoms with Crippen LogP contribution in [0.2, 0.25) is 15.1 Å². The summed E-state index contributed by atoms with van der Waals surface area (Å²) < 4.78 is 25.5. The van der Waals surface area contributed by atoms with Crippen LogP contribution in [-0.2, 0) is 14.8 Å². The SMILES string of the molecule is C[C@@H](C(=O)Nc1ccc(Cl)cc1)N(c1cc(Cl)ccc1Cl)S(C)(=O)=O. The first-order valence-electron chi connectivity index (χ1n) is 7.10. The lowest BCUT2D eigenvalue weighted by Crippen LogP contribution is -2.45. The predicted octanol–water partition coefficient (Wildman–Crippen LogP) is 4.44. The number of nitrogens with one attached hydrogen (secondary N) is 1. The Morgan fingerprint density at radius 1 is 1.04 bits per heavy atom. The van der Waals surface area contributed by atoms with Crippen molar-refractivity contribution in [2.45, 2.75) is 13.0 Å². The van der Waals surface area contributed by atoms with E-state index in [-0.39, 0.29) is 10.7 Å². The molecule has 1 N–H and O–H groups in total. The molecule has 0 aliphatic heterocycles. The number of sulfonamides is 1. The van der Waals surface area contributed by atoms with Crippen molar-refractivity contribution >= 4 is 62.1 Å². The standard InChI is InChI=1S/C16H15Cl3N2O3S/c1-10(16(22)20-13-6-3-11(17)4-7-13)21(25(2,23)24)15-9-12(18)5-8-14(15)19/h3-10H,1-2H3,(H,20,22)/t10-/m0/s1. The van der Waals surface area contributed by atoms with Crippen molar-refractivity contribution in [2.24, 2.45) is 0 Å². The van der Waals surface area contributed by atoms with Gasteiger partial charge in [0.25, 0.3) is 0 Å². The fourth-order valence-electron chi connectivity index (χ4n) is 2.22. The number of carbonyl (C=O) groups is 1. The van der Waals surface area contributed by atoms with Crippen molar-refractivity contribution in [1.29, 1.82) is 0 Å². The number of benzene rings is 2. The molecule has 0 bridgehead atoms. The van der Waals surface area contributed by atoms with E-state index < -0.39 is 22.0 Å². The number of hydrogen-bond acceptors (Lipinski definition) is 3. The van der Waals surface area contributed by atoms with Gasteiger partial charge in [-0.05, 0) is 49.4 Å². The molecule has 0 fully saturated rings. The zero-order valence-corrected chi connectivity index (χ0v) is 16.4. The highest BCUT2D eigenvalue weighted by atomic mass is 35.5. The molecule has 2 rings (SSSR count). The van der Waals surface area contributed by atoms with Gasteiger partial charge >= 0.3 is 0 Å². The van der Waals surface area contributed by atoms with Gasteiger partial charge in [-0.1, -0.05) is 34.8 Å². The number of anilines is 2. The van der Waals surface area contributed by atoms with Gasteiger partial charge in [-0.2, -0.15) is 0 Å². The molecule has 134 valence electrons. The molecule has 1 atom stereocenters. The third-order valence-corrected chi connectivity index (χ3v) is 5.38. The molecule has 2 aromatic carbocycles. The average molecular weight is 422 g/mol. The molecular formula is C16H15Cl3N2O3S. The van der Waals surface area contributed by atoms with Gasteiger partial charge in [-0.25, -0.2) is 8.42 Å². The second-order valence-electron chi connectivity index (χ2n) is 5.33. The number of nitrogens with zero attached hydrogens (tertiary/aromatic N) is 1. The summed E-state index contributed by atoms with van der Waals surface area (Å²) in [5, 5.41) is 3.64. The first-order valence-corrected chi connectivity index (χ1v) is 10.1. The molecule has 0 saturated carbocycles. The highest BCUT2D eigenvalue weighted by Gasteiger charge is 2.30. The molecule has 0 heterocycles. The summed E-state index contributed by atoms with van der Waals surface area (Å²) in [5.74, 6) is -0.524. The fourth-order valence-corrected chi connectivity index (χ4v) is 3.95. The number of carbonyl (C=O) groups excluding carboxylic acids is 1. The molecule has 2 aromatic rings. The molecule has 0 aliphatic rings. The minimum atomic E-state index is -3.79. The van der Waals surface area contributed by atoms with Crippen molar-refractivity contribution in [3.63, 3.8) is 0 Å². The van der Waals surface area contributed by atoms with E-state index in [1.165, 1.54) is 25.1 Å². The molecule has 5 nitrogen and oxygen atoms in total. The van der Waals surface area contributed by atoms with Gasteiger partial charge in [0.2, 0.25) is 15.9 Å². The second-order valence-corrected chi connectivity index (χ2v) is 8.47. The molecule has 0 spiro atoms. The molecule has 0 saturated heterocycles. The van der Waals surface area contributed by atoms with Crippen LogP contribution in [0.15, 0.2) is 42.5 Å². The van der Waals surface area contributed by atoms with Gasteiger partial charge in [-0.15, -0.1) is 0 Å². The highest BCUT2D eigenvalue weighted by Crippen LogP contribution is 2.32. The molecule has 0 unspecified atom stereocenters. The number of hydrogen-bond donors (Lipinski definition) is 1. The van der Waals surface area contributed by atoms with Crippen molar-refractivity contribution in [1.82, 2.24) is 0 Å². The Labute approximate surface area is 161 Å². The van der Waals surface area contributed by atoms with Gasteiger partial charge in [0.15, 0.2) is 0 Å². The van der Waals surface area contributed by atoms with Crippen LogP contribution in [0, 0.1) is 0 Å².